The predicted molar refractivity (Wildman–Crippen MR) is 74.3 cm³/mol. The van der Waals surface area contributed by atoms with Crippen LogP contribution < -0.4 is 5.32 Å². The monoisotopic (exact) mass is 335 g/mol. The second-order valence-electron chi connectivity index (χ2n) is 6.11. The number of hydrogen-bond donors (Lipinski definition) is 1. The summed E-state index contributed by atoms with van der Waals surface area (Å²) in [5.41, 5.74) is -1.37. The van der Waals surface area contributed by atoms with Crippen molar-refractivity contribution in [3.05, 3.63) is 16.1 Å². The molecular formula is C13H16F3N3O2S. The summed E-state index contributed by atoms with van der Waals surface area (Å²) in [6.45, 7) is 5.50. The highest BCUT2D eigenvalue weighted by Gasteiger charge is 2.44. The highest BCUT2D eigenvalue weighted by molar-refractivity contribution is 7.09. The maximum Gasteiger partial charge on any atom is 0.434 e. The van der Waals surface area contributed by atoms with Crippen molar-refractivity contribution in [2.75, 3.05) is 6.54 Å². The number of nitrogens with zero attached hydrogens (tertiary/aromatic N) is 2. The molecule has 0 saturated carbocycles. The van der Waals surface area contributed by atoms with Gasteiger partial charge in [0.2, 0.25) is 0 Å². The highest BCUT2D eigenvalue weighted by Crippen LogP contribution is 2.30. The van der Waals surface area contributed by atoms with E-state index in [4.69, 9.17) is 0 Å². The number of aromatic nitrogens is 1. The van der Waals surface area contributed by atoms with Crippen LogP contribution in [0.5, 0.6) is 0 Å². The number of hydrogen-bond acceptors (Lipinski definition) is 4. The fourth-order valence-electron chi connectivity index (χ4n) is 2.08. The van der Waals surface area contributed by atoms with Crippen LogP contribution in [0.25, 0.3) is 0 Å². The molecule has 1 aliphatic rings. The third-order valence-electron chi connectivity index (χ3n) is 3.28. The molecule has 9 heteroatoms. The molecule has 122 valence electrons. The number of carbonyl (C=O) groups excluding carboxylic acids is 2. The number of amides is 3. The summed E-state index contributed by atoms with van der Waals surface area (Å²) in [6.07, 6.45) is -4.37. The Morgan fingerprint density at radius 3 is 2.41 bits per heavy atom. The molecule has 1 aromatic rings. The van der Waals surface area contributed by atoms with Gasteiger partial charge in [0.1, 0.15) is 6.04 Å². The SMILES string of the molecule is CC(C)(C)C1NC(=O)N(CCc2nc(C(F)(F)F)cs2)C1=O. The molecule has 0 aliphatic carbocycles. The highest BCUT2D eigenvalue weighted by atomic mass is 32.1. The van der Waals surface area contributed by atoms with Gasteiger partial charge in [0.15, 0.2) is 5.69 Å². The molecule has 0 spiro atoms. The average Bonchev–Trinajstić information content (AvgIpc) is 2.92. The third-order valence-corrected chi connectivity index (χ3v) is 4.19. The molecule has 2 rings (SSSR count). The number of alkyl halides is 3. The van der Waals surface area contributed by atoms with Crippen LogP contribution >= 0.6 is 11.3 Å². The molecule has 3 amide bonds. The van der Waals surface area contributed by atoms with Gasteiger partial charge < -0.3 is 5.32 Å². The Kier molecular flexibility index (Phi) is 4.20. The fraction of sp³-hybridized carbons (Fsp3) is 0.615. The second-order valence-corrected chi connectivity index (χ2v) is 7.06. The Morgan fingerprint density at radius 2 is 1.95 bits per heavy atom. The van der Waals surface area contributed by atoms with Crippen molar-refractivity contribution in [3.63, 3.8) is 0 Å². The first-order valence-corrected chi connectivity index (χ1v) is 7.51. The Hall–Kier alpha value is -1.64. The van der Waals surface area contributed by atoms with Gasteiger partial charge in [0, 0.05) is 18.3 Å². The molecule has 5 nitrogen and oxygen atoms in total. The smallest absolute Gasteiger partial charge is 0.325 e. The van der Waals surface area contributed by atoms with Gasteiger partial charge in [0.05, 0.1) is 5.01 Å². The van der Waals surface area contributed by atoms with Gasteiger partial charge in [-0.15, -0.1) is 11.3 Å². The summed E-state index contributed by atoms with van der Waals surface area (Å²) in [4.78, 5) is 28.5. The van der Waals surface area contributed by atoms with Gasteiger partial charge >= 0.3 is 12.2 Å². The zero-order valence-electron chi connectivity index (χ0n) is 12.3. The number of thiazole rings is 1. The van der Waals surface area contributed by atoms with Crippen LogP contribution in [0, 0.1) is 5.41 Å². The van der Waals surface area contributed by atoms with E-state index in [1.54, 1.807) is 0 Å². The van der Waals surface area contributed by atoms with Gasteiger partial charge in [-0.25, -0.2) is 9.78 Å². The molecule has 1 saturated heterocycles. The van der Waals surface area contributed by atoms with Gasteiger partial charge in [-0.05, 0) is 5.41 Å². The van der Waals surface area contributed by atoms with Crippen molar-refractivity contribution in [2.24, 2.45) is 5.41 Å². The summed E-state index contributed by atoms with van der Waals surface area (Å²) >= 11 is 0.868. The molecule has 1 atom stereocenters. The Labute approximate surface area is 129 Å². The molecule has 1 aromatic heterocycles. The van der Waals surface area contributed by atoms with E-state index in [2.05, 4.69) is 10.3 Å². The maximum atomic E-state index is 12.5. The zero-order valence-corrected chi connectivity index (χ0v) is 13.1. The van der Waals surface area contributed by atoms with E-state index in [1.165, 1.54) is 0 Å². The summed E-state index contributed by atoms with van der Waals surface area (Å²) in [5, 5.41) is 3.77. The van der Waals surface area contributed by atoms with Crippen LogP contribution in [0.3, 0.4) is 0 Å². The first-order chi connectivity index (χ1) is 10.00. The Bertz CT molecular complexity index is 592. The fourth-order valence-corrected chi connectivity index (χ4v) is 2.88. The lowest BCUT2D eigenvalue weighted by atomic mass is 9.87. The molecule has 1 unspecified atom stereocenters. The summed E-state index contributed by atoms with van der Waals surface area (Å²) in [5.74, 6) is -0.356. The topological polar surface area (TPSA) is 62.3 Å². The molecular weight excluding hydrogens is 319 g/mol. The molecule has 1 aliphatic heterocycles. The number of rotatable bonds is 3. The van der Waals surface area contributed by atoms with Crippen LogP contribution in [0.4, 0.5) is 18.0 Å². The molecule has 1 fully saturated rings. The Morgan fingerprint density at radius 1 is 1.32 bits per heavy atom. The summed E-state index contributed by atoms with van der Waals surface area (Å²) < 4.78 is 37.4. The standard InChI is InChI=1S/C13H16F3N3O2S/c1-12(2,3)9-10(20)19(11(21)18-9)5-4-8-17-7(6-22-8)13(14,15)16/h6,9H,4-5H2,1-3H3,(H,18,21). The number of carbonyl (C=O) groups is 2. The quantitative estimate of drug-likeness (QED) is 0.864. The van der Waals surface area contributed by atoms with Crippen molar-refractivity contribution in [1.82, 2.24) is 15.2 Å². The molecule has 0 radical (unpaired) electrons. The molecule has 0 bridgehead atoms. The van der Waals surface area contributed by atoms with Gasteiger partial charge in [0.25, 0.3) is 5.91 Å². The minimum absolute atomic E-state index is 0.0159. The van der Waals surface area contributed by atoms with E-state index >= 15 is 0 Å². The summed E-state index contributed by atoms with van der Waals surface area (Å²) in [7, 11) is 0. The average molecular weight is 335 g/mol. The minimum atomic E-state index is -4.48. The lowest BCUT2D eigenvalue weighted by Crippen LogP contribution is -2.41. The number of urea groups is 1. The van der Waals surface area contributed by atoms with E-state index in [-0.39, 0.29) is 23.9 Å². The molecule has 0 aromatic carbocycles. The minimum Gasteiger partial charge on any atom is -0.325 e. The predicted octanol–water partition coefficient (Wildman–Crippen LogP) is 2.67. The van der Waals surface area contributed by atoms with Crippen LogP contribution in [0.2, 0.25) is 0 Å². The largest absolute Gasteiger partial charge is 0.434 e. The van der Waals surface area contributed by atoms with E-state index in [9.17, 15) is 22.8 Å². The van der Waals surface area contributed by atoms with Crippen LogP contribution in [0.15, 0.2) is 5.38 Å². The normalized spacial score (nSPS) is 19.7. The van der Waals surface area contributed by atoms with Crippen molar-refractivity contribution < 1.29 is 22.8 Å². The number of halogens is 3. The third kappa shape index (κ3) is 3.40. The van der Waals surface area contributed by atoms with Crippen molar-refractivity contribution in [1.29, 1.82) is 0 Å². The maximum absolute atomic E-state index is 12.5. The van der Waals surface area contributed by atoms with E-state index in [0.717, 1.165) is 21.6 Å². The lowest BCUT2D eigenvalue weighted by Gasteiger charge is -2.24. The molecule has 1 N–H and O–H groups in total. The van der Waals surface area contributed by atoms with Crippen LogP contribution in [-0.2, 0) is 17.4 Å². The van der Waals surface area contributed by atoms with E-state index < -0.39 is 29.4 Å². The first-order valence-electron chi connectivity index (χ1n) is 6.63. The van der Waals surface area contributed by atoms with E-state index in [0.29, 0.717) is 0 Å². The first kappa shape index (κ1) is 16.7. The van der Waals surface area contributed by atoms with Crippen LogP contribution in [0.1, 0.15) is 31.5 Å². The number of imide groups is 1. The van der Waals surface area contributed by atoms with E-state index in [1.807, 2.05) is 20.8 Å². The molecule has 22 heavy (non-hydrogen) atoms. The van der Waals surface area contributed by atoms with Gasteiger partial charge in [-0.2, -0.15) is 13.2 Å². The Balaban J connectivity index is 2.01. The second kappa shape index (κ2) is 5.53. The lowest BCUT2D eigenvalue weighted by molar-refractivity contribution is -0.140. The summed E-state index contributed by atoms with van der Waals surface area (Å²) in [6, 6.07) is -1.14. The van der Waals surface area contributed by atoms with Gasteiger partial charge in [-0.1, -0.05) is 20.8 Å². The zero-order chi connectivity index (χ0) is 16.7. The molecule has 2 heterocycles. The van der Waals surface area contributed by atoms with Crippen LogP contribution in [-0.4, -0.2) is 34.4 Å². The van der Waals surface area contributed by atoms with Crippen molar-refractivity contribution >= 4 is 23.3 Å². The van der Waals surface area contributed by atoms with Gasteiger partial charge in [-0.3, -0.25) is 9.69 Å². The number of nitrogens with one attached hydrogen (secondary N) is 1. The van der Waals surface area contributed by atoms with Crippen molar-refractivity contribution in [3.8, 4) is 0 Å². The van der Waals surface area contributed by atoms with Crippen molar-refractivity contribution in [2.45, 2.75) is 39.4 Å².